The molecule has 1 atom stereocenters. The monoisotopic (exact) mass is 637 g/mol. The Kier molecular flexibility index (Phi) is 10.9. The largest absolute Gasteiger partial charge is 0.352 e. The van der Waals surface area contributed by atoms with Crippen molar-refractivity contribution in [2.45, 2.75) is 75.9 Å². The third-order valence-electron chi connectivity index (χ3n) is 8.52. The Hall–Kier alpha value is -4.43. The van der Waals surface area contributed by atoms with Crippen LogP contribution >= 0.6 is 0 Å². The fraction of sp³-hybridized carbons (Fsp3) is 0.316. The summed E-state index contributed by atoms with van der Waals surface area (Å²) in [4.78, 5) is 30.5. The molecule has 0 bridgehead atoms. The van der Waals surface area contributed by atoms with Gasteiger partial charge in [0.05, 0.1) is 10.6 Å². The minimum atomic E-state index is -4.13. The van der Waals surface area contributed by atoms with E-state index in [9.17, 15) is 18.0 Å². The molecule has 46 heavy (non-hydrogen) atoms. The van der Waals surface area contributed by atoms with Crippen molar-refractivity contribution in [3.8, 4) is 0 Å². The molecule has 2 amide bonds. The summed E-state index contributed by atoms with van der Waals surface area (Å²) in [5.74, 6) is -0.675. The SMILES string of the molecule is Cc1cc(C)cc(N(CC(=O)N(Cc2ccccc2)[C@@H](Cc2ccccc2)C(=O)NC2CCCCC2)S(=O)(=O)c2ccccc2)c1. The van der Waals surface area contributed by atoms with Gasteiger partial charge in [0.15, 0.2) is 0 Å². The summed E-state index contributed by atoms with van der Waals surface area (Å²) >= 11 is 0. The molecule has 0 aliphatic heterocycles. The summed E-state index contributed by atoms with van der Waals surface area (Å²) in [5, 5.41) is 3.25. The van der Waals surface area contributed by atoms with Crippen LogP contribution in [0.3, 0.4) is 0 Å². The van der Waals surface area contributed by atoms with Crippen molar-refractivity contribution in [1.29, 1.82) is 0 Å². The van der Waals surface area contributed by atoms with Crippen LogP contribution in [0.5, 0.6) is 0 Å². The molecule has 240 valence electrons. The van der Waals surface area contributed by atoms with E-state index in [1.165, 1.54) is 16.4 Å². The number of carbonyl (C=O) groups excluding carboxylic acids is 2. The van der Waals surface area contributed by atoms with Gasteiger partial charge < -0.3 is 10.2 Å². The predicted octanol–water partition coefficient (Wildman–Crippen LogP) is 6.59. The van der Waals surface area contributed by atoms with E-state index in [0.29, 0.717) is 12.1 Å². The zero-order valence-corrected chi connectivity index (χ0v) is 27.5. The molecule has 0 aromatic heterocycles. The summed E-state index contributed by atoms with van der Waals surface area (Å²) in [6, 6.07) is 32.1. The second-order valence-electron chi connectivity index (χ2n) is 12.2. The first-order valence-corrected chi connectivity index (χ1v) is 17.5. The number of carbonyl (C=O) groups is 2. The Morgan fingerprint density at radius 2 is 1.30 bits per heavy atom. The number of hydrogen-bond acceptors (Lipinski definition) is 4. The Balaban J connectivity index is 1.56. The number of anilines is 1. The van der Waals surface area contributed by atoms with Gasteiger partial charge in [-0.15, -0.1) is 0 Å². The van der Waals surface area contributed by atoms with E-state index >= 15 is 0 Å². The first-order valence-electron chi connectivity index (χ1n) is 16.0. The maximum atomic E-state index is 14.6. The molecule has 1 aliphatic carbocycles. The van der Waals surface area contributed by atoms with Gasteiger partial charge in [0.1, 0.15) is 12.6 Å². The number of benzene rings is 4. The van der Waals surface area contributed by atoms with E-state index < -0.39 is 28.5 Å². The molecule has 5 rings (SSSR count). The van der Waals surface area contributed by atoms with Crippen molar-refractivity contribution < 1.29 is 18.0 Å². The molecule has 1 N–H and O–H groups in total. The van der Waals surface area contributed by atoms with Crippen LogP contribution in [-0.4, -0.2) is 43.8 Å². The van der Waals surface area contributed by atoms with Gasteiger partial charge in [-0.25, -0.2) is 8.42 Å². The average Bonchev–Trinajstić information content (AvgIpc) is 3.06. The smallest absolute Gasteiger partial charge is 0.264 e. The molecule has 0 radical (unpaired) electrons. The minimum absolute atomic E-state index is 0.0541. The maximum Gasteiger partial charge on any atom is 0.264 e. The van der Waals surface area contributed by atoms with Crippen LogP contribution in [-0.2, 0) is 32.6 Å². The van der Waals surface area contributed by atoms with Crippen LogP contribution in [0.15, 0.2) is 114 Å². The highest BCUT2D eigenvalue weighted by atomic mass is 32.2. The van der Waals surface area contributed by atoms with Crippen LogP contribution in [0, 0.1) is 13.8 Å². The highest BCUT2D eigenvalue weighted by Gasteiger charge is 2.35. The van der Waals surface area contributed by atoms with E-state index in [0.717, 1.165) is 54.4 Å². The highest BCUT2D eigenvalue weighted by molar-refractivity contribution is 7.92. The number of hydrogen-bond donors (Lipinski definition) is 1. The van der Waals surface area contributed by atoms with Gasteiger partial charge in [0, 0.05) is 19.0 Å². The quantitative estimate of drug-likeness (QED) is 0.190. The maximum absolute atomic E-state index is 14.6. The summed E-state index contributed by atoms with van der Waals surface area (Å²) in [5.41, 5.74) is 3.93. The fourth-order valence-corrected chi connectivity index (χ4v) is 7.64. The van der Waals surface area contributed by atoms with Crippen molar-refractivity contribution in [3.63, 3.8) is 0 Å². The molecular weight excluding hydrogens is 595 g/mol. The van der Waals surface area contributed by atoms with Gasteiger partial charge in [-0.1, -0.05) is 104 Å². The number of amides is 2. The molecule has 0 spiro atoms. The lowest BCUT2D eigenvalue weighted by Crippen LogP contribution is -2.55. The number of sulfonamides is 1. The Labute approximate surface area is 273 Å². The van der Waals surface area contributed by atoms with Crippen LogP contribution in [0.4, 0.5) is 5.69 Å². The Morgan fingerprint density at radius 3 is 1.89 bits per heavy atom. The molecule has 1 saturated carbocycles. The van der Waals surface area contributed by atoms with Gasteiger partial charge in [0.25, 0.3) is 10.0 Å². The minimum Gasteiger partial charge on any atom is -0.352 e. The van der Waals surface area contributed by atoms with Crippen molar-refractivity contribution in [1.82, 2.24) is 10.2 Å². The molecule has 7 nitrogen and oxygen atoms in total. The lowest BCUT2D eigenvalue weighted by atomic mass is 9.94. The molecule has 1 aliphatic rings. The number of rotatable bonds is 12. The lowest BCUT2D eigenvalue weighted by molar-refractivity contribution is -0.140. The zero-order chi connectivity index (χ0) is 32.5. The Morgan fingerprint density at radius 1 is 0.761 bits per heavy atom. The molecule has 0 saturated heterocycles. The van der Waals surface area contributed by atoms with E-state index in [-0.39, 0.29) is 23.4 Å². The first-order chi connectivity index (χ1) is 22.2. The van der Waals surface area contributed by atoms with Crippen LogP contribution in [0.1, 0.15) is 54.4 Å². The van der Waals surface area contributed by atoms with Crippen molar-refractivity contribution in [2.24, 2.45) is 0 Å². The van der Waals surface area contributed by atoms with Crippen molar-refractivity contribution >= 4 is 27.5 Å². The third-order valence-corrected chi connectivity index (χ3v) is 10.3. The molecule has 0 unspecified atom stereocenters. The van der Waals surface area contributed by atoms with Crippen LogP contribution in [0.25, 0.3) is 0 Å². The lowest BCUT2D eigenvalue weighted by Gasteiger charge is -2.35. The third kappa shape index (κ3) is 8.43. The number of aryl methyl sites for hydroxylation is 2. The van der Waals surface area contributed by atoms with Crippen LogP contribution < -0.4 is 9.62 Å². The molecule has 1 fully saturated rings. The fourth-order valence-electron chi connectivity index (χ4n) is 6.22. The molecule has 4 aromatic rings. The van der Waals surface area contributed by atoms with E-state index in [1.54, 1.807) is 35.2 Å². The van der Waals surface area contributed by atoms with Gasteiger partial charge in [-0.05, 0) is 73.2 Å². The standard InChI is InChI=1S/C38H43N3O4S/c1-29-23-30(2)25-34(24-29)41(46(44,45)35-21-13-6-14-22-35)28-37(42)40(27-32-17-9-4-10-18-32)36(26-31-15-7-3-8-16-31)38(43)39-33-19-11-5-12-20-33/h3-4,6-10,13-18,21-25,33,36H,5,11-12,19-20,26-28H2,1-2H3,(H,39,43)/t36-/m0/s1. The van der Waals surface area contributed by atoms with Crippen molar-refractivity contribution in [3.05, 3.63) is 131 Å². The average molecular weight is 638 g/mol. The van der Waals surface area contributed by atoms with E-state index in [2.05, 4.69) is 5.32 Å². The molecule has 0 heterocycles. The number of nitrogens with one attached hydrogen (secondary N) is 1. The molecular formula is C38H43N3O4S. The highest BCUT2D eigenvalue weighted by Crippen LogP contribution is 2.27. The van der Waals surface area contributed by atoms with Gasteiger partial charge in [0.2, 0.25) is 11.8 Å². The second-order valence-corrected chi connectivity index (χ2v) is 14.1. The Bertz CT molecular complexity index is 1690. The van der Waals surface area contributed by atoms with Crippen LogP contribution in [0.2, 0.25) is 0 Å². The number of nitrogens with zero attached hydrogens (tertiary/aromatic N) is 2. The first kappa shape index (κ1) is 32.9. The predicted molar refractivity (Wildman–Crippen MR) is 183 cm³/mol. The summed E-state index contributed by atoms with van der Waals surface area (Å²) in [7, 11) is -4.13. The zero-order valence-electron chi connectivity index (χ0n) is 26.6. The van der Waals surface area contributed by atoms with Gasteiger partial charge >= 0.3 is 0 Å². The van der Waals surface area contributed by atoms with E-state index in [1.807, 2.05) is 80.6 Å². The second kappa shape index (κ2) is 15.2. The topological polar surface area (TPSA) is 86.8 Å². The van der Waals surface area contributed by atoms with Gasteiger partial charge in [-0.2, -0.15) is 0 Å². The normalized spacial score (nSPS) is 14.3. The molecule has 4 aromatic carbocycles. The summed E-state index contributed by atoms with van der Waals surface area (Å²) < 4.78 is 29.6. The molecule has 8 heteroatoms. The summed E-state index contributed by atoms with van der Waals surface area (Å²) in [6.07, 6.45) is 5.39. The van der Waals surface area contributed by atoms with Crippen molar-refractivity contribution in [2.75, 3.05) is 10.8 Å². The van der Waals surface area contributed by atoms with E-state index in [4.69, 9.17) is 0 Å². The summed E-state index contributed by atoms with van der Waals surface area (Å²) in [6.45, 7) is 3.49. The van der Waals surface area contributed by atoms with Gasteiger partial charge in [-0.3, -0.25) is 13.9 Å².